The maximum atomic E-state index is 13.0. The average Bonchev–Trinajstić information content (AvgIpc) is 2.87. The molecule has 0 aromatic heterocycles. The maximum Gasteiger partial charge on any atom is 0.227 e. The molecule has 1 aliphatic heterocycles. The summed E-state index contributed by atoms with van der Waals surface area (Å²) in [5.41, 5.74) is 2.08. The van der Waals surface area contributed by atoms with E-state index in [0.29, 0.717) is 42.5 Å². The summed E-state index contributed by atoms with van der Waals surface area (Å²) in [6, 6.07) is 25.2. The Balaban J connectivity index is 1.50. The van der Waals surface area contributed by atoms with Crippen LogP contribution in [0.2, 0.25) is 10.0 Å². The molecule has 34 heavy (non-hydrogen) atoms. The third kappa shape index (κ3) is 5.64. The zero-order valence-electron chi connectivity index (χ0n) is 19.3. The molecule has 0 radical (unpaired) electrons. The molecule has 2 N–H and O–H groups in total. The summed E-state index contributed by atoms with van der Waals surface area (Å²) in [6.45, 7) is 3.75. The summed E-state index contributed by atoms with van der Waals surface area (Å²) in [6.07, 6.45) is 1.23. The standard InChI is InChI=1S/C28H30Cl2N2O2/c1-20(21-8-4-2-5-9-21)27(33)31-19-26(22-12-13-24(29)25(30)18-22)32-16-14-28(34,15-17-32)23-10-6-3-7-11-23/h2-13,18,20,26,34H,14-17,19H2,1H3,(H,31,33). The normalized spacial score (nSPS) is 17.6. The van der Waals surface area contributed by atoms with Gasteiger partial charge in [-0.15, -0.1) is 0 Å². The third-order valence-corrected chi connectivity index (χ3v) is 7.61. The van der Waals surface area contributed by atoms with Crippen LogP contribution in [0.3, 0.4) is 0 Å². The number of hydrogen-bond acceptors (Lipinski definition) is 3. The average molecular weight is 497 g/mol. The van der Waals surface area contributed by atoms with Crippen LogP contribution in [0.15, 0.2) is 78.9 Å². The SMILES string of the molecule is CC(C(=O)NCC(c1ccc(Cl)c(Cl)c1)N1CCC(O)(c2ccccc2)CC1)c1ccccc1. The lowest BCUT2D eigenvalue weighted by molar-refractivity contribution is -0.122. The minimum atomic E-state index is -0.842. The number of halogens is 2. The van der Waals surface area contributed by atoms with E-state index in [9.17, 15) is 9.90 Å². The van der Waals surface area contributed by atoms with E-state index in [-0.39, 0.29) is 17.9 Å². The van der Waals surface area contributed by atoms with Crippen LogP contribution in [0, 0.1) is 0 Å². The second-order valence-electron chi connectivity index (χ2n) is 9.00. The van der Waals surface area contributed by atoms with Crippen LogP contribution in [0.4, 0.5) is 0 Å². The number of hydrogen-bond donors (Lipinski definition) is 2. The molecule has 4 nitrogen and oxygen atoms in total. The number of piperidine rings is 1. The van der Waals surface area contributed by atoms with Crippen LogP contribution < -0.4 is 5.32 Å². The fourth-order valence-corrected chi connectivity index (χ4v) is 4.97. The van der Waals surface area contributed by atoms with Crippen molar-refractivity contribution >= 4 is 29.1 Å². The number of amides is 1. The van der Waals surface area contributed by atoms with Gasteiger partial charge in [0.2, 0.25) is 5.91 Å². The van der Waals surface area contributed by atoms with Crippen LogP contribution >= 0.6 is 23.2 Å². The molecule has 1 aliphatic rings. The van der Waals surface area contributed by atoms with Gasteiger partial charge in [-0.05, 0) is 48.6 Å². The number of nitrogens with zero attached hydrogens (tertiary/aromatic N) is 1. The molecule has 1 fully saturated rings. The Morgan fingerprint density at radius 2 is 1.56 bits per heavy atom. The Bertz CT molecular complexity index is 1100. The van der Waals surface area contributed by atoms with Crippen LogP contribution in [0.1, 0.15) is 48.4 Å². The van der Waals surface area contributed by atoms with Crippen LogP contribution in [0.5, 0.6) is 0 Å². The van der Waals surface area contributed by atoms with E-state index in [2.05, 4.69) is 10.2 Å². The Labute approximate surface area is 211 Å². The molecule has 0 bridgehead atoms. The number of carbonyl (C=O) groups excluding carboxylic acids is 1. The summed E-state index contributed by atoms with van der Waals surface area (Å²) in [7, 11) is 0. The molecule has 6 heteroatoms. The van der Waals surface area contributed by atoms with Gasteiger partial charge in [0, 0.05) is 19.6 Å². The molecule has 1 heterocycles. The molecular formula is C28H30Cl2N2O2. The highest BCUT2D eigenvalue weighted by molar-refractivity contribution is 6.42. The van der Waals surface area contributed by atoms with Crippen molar-refractivity contribution in [2.24, 2.45) is 0 Å². The summed E-state index contributed by atoms with van der Waals surface area (Å²) < 4.78 is 0. The van der Waals surface area contributed by atoms with Crippen molar-refractivity contribution in [3.05, 3.63) is 106 Å². The van der Waals surface area contributed by atoms with Crippen molar-refractivity contribution in [3.63, 3.8) is 0 Å². The fourth-order valence-electron chi connectivity index (χ4n) is 4.66. The van der Waals surface area contributed by atoms with Crippen molar-refractivity contribution in [2.75, 3.05) is 19.6 Å². The first kappa shape index (κ1) is 24.7. The molecule has 2 unspecified atom stereocenters. The van der Waals surface area contributed by atoms with Gasteiger partial charge in [-0.1, -0.05) is 89.9 Å². The lowest BCUT2D eigenvalue weighted by Crippen LogP contribution is -2.47. The molecule has 178 valence electrons. The minimum absolute atomic E-state index is 0.0194. The van der Waals surface area contributed by atoms with Crippen molar-refractivity contribution < 1.29 is 9.90 Å². The number of nitrogens with one attached hydrogen (secondary N) is 1. The summed E-state index contributed by atoms with van der Waals surface area (Å²) in [4.78, 5) is 15.3. The molecule has 3 aromatic rings. The number of carbonyl (C=O) groups is 1. The highest BCUT2D eigenvalue weighted by atomic mass is 35.5. The number of rotatable bonds is 7. The molecule has 1 saturated heterocycles. The van der Waals surface area contributed by atoms with E-state index >= 15 is 0 Å². The van der Waals surface area contributed by atoms with Crippen molar-refractivity contribution in [1.82, 2.24) is 10.2 Å². The van der Waals surface area contributed by atoms with Gasteiger partial charge in [0.15, 0.2) is 0 Å². The first-order chi connectivity index (χ1) is 16.4. The highest BCUT2D eigenvalue weighted by Gasteiger charge is 2.36. The Kier molecular flexibility index (Phi) is 7.95. The lowest BCUT2D eigenvalue weighted by Gasteiger charge is -2.42. The molecule has 2 atom stereocenters. The second-order valence-corrected chi connectivity index (χ2v) is 9.81. The zero-order valence-corrected chi connectivity index (χ0v) is 20.8. The predicted octanol–water partition coefficient (Wildman–Crippen LogP) is 5.94. The molecule has 4 rings (SSSR count). The quantitative estimate of drug-likeness (QED) is 0.425. The Morgan fingerprint density at radius 1 is 0.941 bits per heavy atom. The van der Waals surface area contributed by atoms with Crippen molar-refractivity contribution in [1.29, 1.82) is 0 Å². The van der Waals surface area contributed by atoms with Gasteiger partial charge < -0.3 is 10.4 Å². The van der Waals surface area contributed by atoms with Gasteiger partial charge in [0.25, 0.3) is 0 Å². The summed E-state index contributed by atoms with van der Waals surface area (Å²) >= 11 is 12.5. The van der Waals surface area contributed by atoms with Gasteiger partial charge in [-0.25, -0.2) is 0 Å². The first-order valence-electron chi connectivity index (χ1n) is 11.7. The van der Waals surface area contributed by atoms with Crippen LogP contribution in [-0.2, 0) is 10.4 Å². The van der Waals surface area contributed by atoms with E-state index in [4.69, 9.17) is 23.2 Å². The summed E-state index contributed by atoms with van der Waals surface area (Å²) in [5.74, 6) is -0.269. The van der Waals surface area contributed by atoms with Crippen LogP contribution in [0.25, 0.3) is 0 Å². The van der Waals surface area contributed by atoms with Gasteiger partial charge in [0.05, 0.1) is 27.6 Å². The van der Waals surface area contributed by atoms with Gasteiger partial charge >= 0.3 is 0 Å². The number of likely N-dealkylation sites (tertiary alicyclic amines) is 1. The molecule has 0 spiro atoms. The monoisotopic (exact) mass is 496 g/mol. The fraction of sp³-hybridized carbons (Fsp3) is 0.321. The lowest BCUT2D eigenvalue weighted by atomic mass is 9.83. The maximum absolute atomic E-state index is 13.0. The van der Waals surface area contributed by atoms with E-state index in [0.717, 1.165) is 16.7 Å². The van der Waals surface area contributed by atoms with E-state index in [1.165, 1.54) is 0 Å². The van der Waals surface area contributed by atoms with Gasteiger partial charge in [-0.3, -0.25) is 9.69 Å². The Hall–Kier alpha value is -2.37. The predicted molar refractivity (Wildman–Crippen MR) is 138 cm³/mol. The van der Waals surface area contributed by atoms with E-state index < -0.39 is 5.60 Å². The zero-order chi connectivity index (χ0) is 24.1. The second kappa shape index (κ2) is 10.9. The molecule has 0 saturated carbocycles. The third-order valence-electron chi connectivity index (χ3n) is 6.87. The van der Waals surface area contributed by atoms with Gasteiger partial charge in [0.1, 0.15) is 0 Å². The minimum Gasteiger partial charge on any atom is -0.385 e. The number of aliphatic hydroxyl groups is 1. The Morgan fingerprint density at radius 3 is 2.18 bits per heavy atom. The number of benzene rings is 3. The van der Waals surface area contributed by atoms with E-state index in [1.54, 1.807) is 6.07 Å². The highest BCUT2D eigenvalue weighted by Crippen LogP contribution is 2.36. The molecule has 3 aromatic carbocycles. The van der Waals surface area contributed by atoms with Crippen molar-refractivity contribution in [3.8, 4) is 0 Å². The topological polar surface area (TPSA) is 52.6 Å². The van der Waals surface area contributed by atoms with Gasteiger partial charge in [-0.2, -0.15) is 0 Å². The molecule has 0 aliphatic carbocycles. The van der Waals surface area contributed by atoms with Crippen molar-refractivity contribution in [2.45, 2.75) is 37.3 Å². The summed E-state index contributed by atoms with van der Waals surface area (Å²) in [5, 5.41) is 15.4. The van der Waals surface area contributed by atoms with E-state index in [1.807, 2.05) is 79.7 Å². The smallest absolute Gasteiger partial charge is 0.227 e. The largest absolute Gasteiger partial charge is 0.385 e. The molecular weight excluding hydrogens is 467 g/mol. The first-order valence-corrected chi connectivity index (χ1v) is 12.4. The molecule has 1 amide bonds. The van der Waals surface area contributed by atoms with Crippen LogP contribution in [-0.4, -0.2) is 35.5 Å².